The van der Waals surface area contributed by atoms with Crippen LogP contribution in [0, 0.1) is 5.82 Å². The fourth-order valence-corrected chi connectivity index (χ4v) is 3.78. The van der Waals surface area contributed by atoms with Crippen molar-refractivity contribution in [2.45, 2.75) is 32.4 Å². The molecule has 0 spiro atoms. The zero-order valence-corrected chi connectivity index (χ0v) is 16.4. The zero-order chi connectivity index (χ0) is 20.1. The summed E-state index contributed by atoms with van der Waals surface area (Å²) in [5, 5.41) is 9.51. The number of halogens is 1. The number of nitrogens with zero attached hydrogens (tertiary/aromatic N) is 2. The molecule has 150 valence electrons. The molecule has 0 radical (unpaired) electrons. The van der Waals surface area contributed by atoms with Crippen LogP contribution in [0.15, 0.2) is 42.5 Å². The van der Waals surface area contributed by atoms with Gasteiger partial charge in [0.2, 0.25) is 0 Å². The molecule has 0 bridgehead atoms. The van der Waals surface area contributed by atoms with E-state index in [1.165, 1.54) is 19.2 Å². The van der Waals surface area contributed by atoms with Crippen molar-refractivity contribution in [3.05, 3.63) is 59.4 Å². The SMILES string of the molecule is CCN1CCCC1CN(Cc1ccc(O)cc1)C(=O)c1ccc(OC)cc1F. The second kappa shape index (κ2) is 9.06. The van der Waals surface area contributed by atoms with Gasteiger partial charge in [0.15, 0.2) is 0 Å². The first kappa shape index (κ1) is 20.1. The van der Waals surface area contributed by atoms with Crippen molar-refractivity contribution < 1.29 is 19.0 Å². The largest absolute Gasteiger partial charge is 0.508 e. The van der Waals surface area contributed by atoms with Crippen molar-refractivity contribution in [3.8, 4) is 11.5 Å². The molecule has 1 unspecified atom stereocenters. The van der Waals surface area contributed by atoms with Crippen LogP contribution in [0.3, 0.4) is 0 Å². The van der Waals surface area contributed by atoms with Crippen LogP contribution in [0.5, 0.6) is 11.5 Å². The van der Waals surface area contributed by atoms with E-state index in [0.717, 1.165) is 31.5 Å². The third-order valence-corrected chi connectivity index (χ3v) is 5.34. The minimum atomic E-state index is -0.584. The van der Waals surface area contributed by atoms with Gasteiger partial charge in [-0.15, -0.1) is 0 Å². The van der Waals surface area contributed by atoms with Crippen LogP contribution < -0.4 is 4.74 Å². The molecule has 28 heavy (non-hydrogen) atoms. The number of hydrogen-bond donors (Lipinski definition) is 1. The molecule has 1 amide bonds. The summed E-state index contributed by atoms with van der Waals surface area (Å²) in [5.74, 6) is -0.363. The molecule has 1 aliphatic rings. The highest BCUT2D eigenvalue weighted by atomic mass is 19.1. The van der Waals surface area contributed by atoms with Gasteiger partial charge in [-0.2, -0.15) is 0 Å². The highest BCUT2D eigenvalue weighted by molar-refractivity contribution is 5.94. The number of ether oxygens (including phenoxy) is 1. The normalized spacial score (nSPS) is 16.9. The van der Waals surface area contributed by atoms with Gasteiger partial charge in [0, 0.05) is 25.2 Å². The average Bonchev–Trinajstić information content (AvgIpc) is 3.15. The van der Waals surface area contributed by atoms with Crippen LogP contribution in [0.2, 0.25) is 0 Å². The van der Waals surface area contributed by atoms with Crippen LogP contribution in [0.1, 0.15) is 35.7 Å². The van der Waals surface area contributed by atoms with E-state index in [9.17, 15) is 14.3 Å². The molecule has 0 aliphatic carbocycles. The summed E-state index contributed by atoms with van der Waals surface area (Å²) in [6.45, 7) is 4.98. The third-order valence-electron chi connectivity index (χ3n) is 5.34. The molecule has 0 aromatic heterocycles. The summed E-state index contributed by atoms with van der Waals surface area (Å²) < 4.78 is 19.6. The van der Waals surface area contributed by atoms with Crippen molar-refractivity contribution in [2.75, 3.05) is 26.7 Å². The van der Waals surface area contributed by atoms with E-state index in [0.29, 0.717) is 18.8 Å². The molecule has 1 saturated heterocycles. The van der Waals surface area contributed by atoms with Crippen molar-refractivity contribution in [3.63, 3.8) is 0 Å². The fourth-order valence-electron chi connectivity index (χ4n) is 3.78. The topological polar surface area (TPSA) is 53.0 Å². The molecule has 1 fully saturated rings. The maximum Gasteiger partial charge on any atom is 0.257 e. The number of methoxy groups -OCH3 is 1. The Morgan fingerprint density at radius 3 is 2.68 bits per heavy atom. The number of carbonyl (C=O) groups is 1. The monoisotopic (exact) mass is 386 g/mol. The lowest BCUT2D eigenvalue weighted by Gasteiger charge is -2.30. The lowest BCUT2D eigenvalue weighted by Crippen LogP contribution is -2.43. The van der Waals surface area contributed by atoms with Crippen molar-refractivity contribution in [2.24, 2.45) is 0 Å². The Morgan fingerprint density at radius 1 is 1.29 bits per heavy atom. The van der Waals surface area contributed by atoms with E-state index in [1.807, 2.05) is 0 Å². The number of hydrogen-bond acceptors (Lipinski definition) is 4. The maximum atomic E-state index is 14.5. The molecular formula is C22H27FN2O3. The lowest BCUT2D eigenvalue weighted by atomic mass is 10.1. The Kier molecular flexibility index (Phi) is 6.52. The molecule has 1 N–H and O–H groups in total. The molecule has 5 nitrogen and oxygen atoms in total. The summed E-state index contributed by atoms with van der Waals surface area (Å²) >= 11 is 0. The van der Waals surface area contributed by atoms with Crippen LogP contribution in [-0.2, 0) is 6.54 Å². The molecule has 2 aromatic carbocycles. The Hall–Kier alpha value is -2.60. The van der Waals surface area contributed by atoms with Crippen LogP contribution >= 0.6 is 0 Å². The predicted octanol–water partition coefficient (Wildman–Crippen LogP) is 3.67. The highest BCUT2D eigenvalue weighted by Gasteiger charge is 2.28. The molecule has 6 heteroatoms. The smallest absolute Gasteiger partial charge is 0.257 e. The van der Waals surface area contributed by atoms with Gasteiger partial charge in [0.25, 0.3) is 5.91 Å². The Labute approximate surface area is 165 Å². The van der Waals surface area contributed by atoms with Crippen molar-refractivity contribution in [1.82, 2.24) is 9.80 Å². The Balaban J connectivity index is 1.85. The average molecular weight is 386 g/mol. The number of phenolic OH excluding ortho intramolecular Hbond substituents is 1. The van der Waals surface area contributed by atoms with Gasteiger partial charge >= 0.3 is 0 Å². The van der Waals surface area contributed by atoms with Crippen LogP contribution in [0.25, 0.3) is 0 Å². The number of amides is 1. The highest BCUT2D eigenvalue weighted by Crippen LogP contribution is 2.23. The standard InChI is InChI=1S/C22H27FN2O3/c1-3-24-12-4-5-17(24)15-25(14-16-6-8-18(26)9-7-16)22(27)20-11-10-19(28-2)13-21(20)23/h6-11,13,17,26H,3-5,12,14-15H2,1-2H3. The first-order valence-corrected chi connectivity index (χ1v) is 9.66. The second-order valence-electron chi connectivity index (χ2n) is 7.12. The van der Waals surface area contributed by atoms with Crippen molar-refractivity contribution >= 4 is 5.91 Å². The Morgan fingerprint density at radius 2 is 2.04 bits per heavy atom. The molecule has 0 saturated carbocycles. The van der Waals surface area contributed by atoms with Gasteiger partial charge in [-0.25, -0.2) is 4.39 Å². The van der Waals surface area contributed by atoms with Gasteiger partial charge in [0.1, 0.15) is 17.3 Å². The van der Waals surface area contributed by atoms with Gasteiger partial charge in [0.05, 0.1) is 12.7 Å². The van der Waals surface area contributed by atoms with E-state index < -0.39 is 5.82 Å². The minimum Gasteiger partial charge on any atom is -0.508 e. The van der Waals surface area contributed by atoms with Gasteiger partial charge in [-0.1, -0.05) is 19.1 Å². The maximum absolute atomic E-state index is 14.5. The number of likely N-dealkylation sites (N-methyl/N-ethyl adjacent to an activating group) is 1. The summed E-state index contributed by atoms with van der Waals surface area (Å²) in [4.78, 5) is 17.3. The minimum absolute atomic E-state index is 0.0422. The molecule has 1 heterocycles. The van der Waals surface area contributed by atoms with E-state index in [4.69, 9.17) is 4.74 Å². The Bertz CT molecular complexity index is 810. The number of rotatable bonds is 7. The van der Waals surface area contributed by atoms with E-state index in [1.54, 1.807) is 35.2 Å². The number of aromatic hydroxyl groups is 1. The number of carbonyl (C=O) groups excluding carboxylic acids is 1. The van der Waals surface area contributed by atoms with Crippen LogP contribution in [0.4, 0.5) is 4.39 Å². The van der Waals surface area contributed by atoms with Gasteiger partial charge < -0.3 is 14.7 Å². The van der Waals surface area contributed by atoms with Gasteiger partial charge in [-0.3, -0.25) is 9.69 Å². The molecule has 1 aliphatic heterocycles. The quantitative estimate of drug-likeness (QED) is 0.789. The number of benzene rings is 2. The first-order chi connectivity index (χ1) is 13.5. The number of likely N-dealkylation sites (tertiary alicyclic amines) is 1. The number of phenols is 1. The summed E-state index contributed by atoms with van der Waals surface area (Å²) in [7, 11) is 1.47. The third kappa shape index (κ3) is 4.62. The molecular weight excluding hydrogens is 359 g/mol. The van der Waals surface area contributed by atoms with Crippen molar-refractivity contribution in [1.29, 1.82) is 0 Å². The molecule has 1 atom stereocenters. The summed E-state index contributed by atoms with van der Waals surface area (Å²) in [6, 6.07) is 11.3. The van der Waals surface area contributed by atoms with Gasteiger partial charge in [-0.05, 0) is 55.8 Å². The summed E-state index contributed by atoms with van der Waals surface area (Å²) in [5.41, 5.74) is 0.932. The predicted molar refractivity (Wildman–Crippen MR) is 106 cm³/mol. The lowest BCUT2D eigenvalue weighted by molar-refractivity contribution is 0.0687. The molecule has 2 aromatic rings. The molecule has 3 rings (SSSR count). The summed E-state index contributed by atoms with van der Waals surface area (Å²) in [6.07, 6.45) is 2.13. The van der Waals surface area contributed by atoms with Crippen LogP contribution in [-0.4, -0.2) is 53.6 Å². The second-order valence-corrected chi connectivity index (χ2v) is 7.12. The van der Waals surface area contributed by atoms with E-state index >= 15 is 0 Å². The van der Waals surface area contributed by atoms with E-state index in [-0.39, 0.29) is 23.3 Å². The zero-order valence-electron chi connectivity index (χ0n) is 16.4. The van der Waals surface area contributed by atoms with E-state index in [2.05, 4.69) is 11.8 Å². The fraction of sp³-hybridized carbons (Fsp3) is 0.409. The first-order valence-electron chi connectivity index (χ1n) is 9.66.